The van der Waals surface area contributed by atoms with E-state index in [4.69, 9.17) is 4.74 Å². The molecule has 150 valence electrons. The minimum atomic E-state index is -2.02. The summed E-state index contributed by atoms with van der Waals surface area (Å²) in [7, 11) is 3.20. The highest BCUT2D eigenvalue weighted by atomic mass is 16.5. The number of fused-ring (bicyclic) bond motifs is 1. The standard InChI is InChI=1S/C22H28N2O4/c1-4-20-10-7-12-24-13-11-21(16(20)24)14-8-5-6-9-15(14)23(2)17(21)22(27,18(20)25)19(26)28-3/h5-10,16-18,25,27H,4,11-13H2,1-3H3/t16-,17-,18+,20+,21+,22-/m0/s1. The molecule has 2 fully saturated rings. The molecule has 6 heteroatoms. The summed E-state index contributed by atoms with van der Waals surface area (Å²) in [6, 6.07) is 7.62. The molecule has 0 radical (unpaired) electrons. The van der Waals surface area contributed by atoms with Crippen molar-refractivity contribution < 1.29 is 19.7 Å². The van der Waals surface area contributed by atoms with Gasteiger partial charge in [-0.05, 0) is 31.0 Å². The normalized spacial score (nSPS) is 43.5. The number of rotatable bonds is 2. The van der Waals surface area contributed by atoms with Gasteiger partial charge in [0.25, 0.3) is 0 Å². The first-order valence-electron chi connectivity index (χ1n) is 10.1. The zero-order chi connectivity index (χ0) is 19.9. The number of carbonyl (C=O) groups excluding carboxylic acids is 1. The lowest BCUT2D eigenvalue weighted by Gasteiger charge is -2.63. The Hall–Kier alpha value is -1.89. The largest absolute Gasteiger partial charge is 0.467 e. The zero-order valence-corrected chi connectivity index (χ0v) is 16.6. The first-order valence-corrected chi connectivity index (χ1v) is 10.1. The van der Waals surface area contributed by atoms with Crippen LogP contribution in [0.1, 0.15) is 25.3 Å². The van der Waals surface area contributed by atoms with Crippen LogP contribution in [0.3, 0.4) is 0 Å². The van der Waals surface area contributed by atoms with E-state index >= 15 is 0 Å². The molecule has 0 aromatic heterocycles. The van der Waals surface area contributed by atoms with Gasteiger partial charge >= 0.3 is 5.97 Å². The van der Waals surface area contributed by atoms with Crippen molar-refractivity contribution >= 4 is 11.7 Å². The molecule has 6 atom stereocenters. The van der Waals surface area contributed by atoms with Crippen LogP contribution in [-0.4, -0.2) is 72.1 Å². The molecule has 1 spiro atoms. The molecule has 3 aliphatic heterocycles. The van der Waals surface area contributed by atoms with Crippen LogP contribution in [0.25, 0.3) is 0 Å². The number of carbonyl (C=O) groups is 1. The summed E-state index contributed by atoms with van der Waals surface area (Å²) < 4.78 is 5.08. The number of likely N-dealkylation sites (N-methyl/N-ethyl adjacent to an activating group) is 1. The van der Waals surface area contributed by atoms with Gasteiger partial charge in [0.05, 0.1) is 13.2 Å². The van der Waals surface area contributed by atoms with Crippen molar-refractivity contribution in [2.75, 3.05) is 32.1 Å². The summed E-state index contributed by atoms with van der Waals surface area (Å²) >= 11 is 0. The number of anilines is 1. The molecule has 2 N–H and O–H groups in total. The Kier molecular flexibility index (Phi) is 3.62. The van der Waals surface area contributed by atoms with Crippen LogP contribution in [0.2, 0.25) is 0 Å². The van der Waals surface area contributed by atoms with Crippen LogP contribution in [0.15, 0.2) is 36.4 Å². The molecule has 0 unspecified atom stereocenters. The van der Waals surface area contributed by atoms with Gasteiger partial charge in [-0.15, -0.1) is 0 Å². The highest BCUT2D eigenvalue weighted by Gasteiger charge is 2.78. The van der Waals surface area contributed by atoms with Crippen LogP contribution < -0.4 is 4.90 Å². The predicted octanol–water partition coefficient (Wildman–Crippen LogP) is 1.06. The first-order chi connectivity index (χ1) is 13.4. The van der Waals surface area contributed by atoms with Gasteiger partial charge in [-0.2, -0.15) is 0 Å². The van der Waals surface area contributed by atoms with Crippen molar-refractivity contribution in [3.8, 4) is 0 Å². The lowest BCUT2D eigenvalue weighted by Crippen LogP contribution is -2.80. The van der Waals surface area contributed by atoms with E-state index in [9.17, 15) is 15.0 Å². The van der Waals surface area contributed by atoms with Gasteiger partial charge in [-0.25, -0.2) is 4.79 Å². The highest BCUT2D eigenvalue weighted by Crippen LogP contribution is 2.66. The summed E-state index contributed by atoms with van der Waals surface area (Å²) in [4.78, 5) is 17.5. The fourth-order valence-corrected chi connectivity index (χ4v) is 7.19. The minimum absolute atomic E-state index is 0.0195. The number of hydrogen-bond donors (Lipinski definition) is 2. The van der Waals surface area contributed by atoms with Gasteiger partial charge in [-0.3, -0.25) is 4.90 Å². The molecule has 1 aromatic rings. The summed E-state index contributed by atoms with van der Waals surface area (Å²) in [5.74, 6) is -0.757. The van der Waals surface area contributed by atoms with E-state index in [2.05, 4.69) is 23.1 Å². The van der Waals surface area contributed by atoms with E-state index in [1.54, 1.807) is 0 Å². The maximum Gasteiger partial charge on any atom is 0.342 e. The average molecular weight is 384 g/mol. The number of benzene rings is 1. The Balaban J connectivity index is 1.87. The van der Waals surface area contributed by atoms with Crippen molar-refractivity contribution in [2.24, 2.45) is 5.41 Å². The van der Waals surface area contributed by atoms with Crippen LogP contribution in [0.5, 0.6) is 0 Å². The Labute approximate surface area is 165 Å². The second-order valence-corrected chi connectivity index (χ2v) is 8.81. The molecular formula is C22H28N2O4. The SMILES string of the molecule is CC[C@]12C=CCN3CC[C@@]4(c5ccccc5N(C)[C@@H]4[C@@](O)(C(=O)OC)[C@@H]1O)[C@@H]32. The van der Waals surface area contributed by atoms with Crippen LogP contribution >= 0.6 is 0 Å². The van der Waals surface area contributed by atoms with Crippen LogP contribution in [0, 0.1) is 5.41 Å². The van der Waals surface area contributed by atoms with Crippen molar-refractivity contribution in [1.82, 2.24) is 4.90 Å². The van der Waals surface area contributed by atoms with Crippen LogP contribution in [0.4, 0.5) is 5.69 Å². The van der Waals surface area contributed by atoms with E-state index in [1.807, 2.05) is 37.1 Å². The number of hydrogen-bond acceptors (Lipinski definition) is 6. The second-order valence-electron chi connectivity index (χ2n) is 8.81. The van der Waals surface area contributed by atoms with Crippen molar-refractivity contribution in [3.63, 3.8) is 0 Å². The smallest absolute Gasteiger partial charge is 0.342 e. The Morgan fingerprint density at radius 2 is 2.07 bits per heavy atom. The molecule has 3 heterocycles. The number of aliphatic hydroxyl groups excluding tert-OH is 1. The fraction of sp³-hybridized carbons (Fsp3) is 0.591. The number of aliphatic hydroxyl groups is 2. The molecule has 1 aromatic carbocycles. The van der Waals surface area contributed by atoms with E-state index in [0.717, 1.165) is 30.8 Å². The van der Waals surface area contributed by atoms with Crippen LogP contribution in [-0.2, 0) is 14.9 Å². The minimum Gasteiger partial charge on any atom is -0.467 e. The first kappa shape index (κ1) is 18.2. The van der Waals surface area contributed by atoms with Gasteiger partial charge in [0.1, 0.15) is 6.10 Å². The van der Waals surface area contributed by atoms with Crippen molar-refractivity contribution in [2.45, 2.75) is 49.0 Å². The Morgan fingerprint density at radius 3 is 2.79 bits per heavy atom. The predicted molar refractivity (Wildman–Crippen MR) is 105 cm³/mol. The maximum atomic E-state index is 13.0. The lowest BCUT2D eigenvalue weighted by atomic mass is 9.48. The number of esters is 1. The van der Waals surface area contributed by atoms with E-state index in [0.29, 0.717) is 6.42 Å². The third-order valence-electron chi connectivity index (χ3n) is 8.07. The Morgan fingerprint density at radius 1 is 1.32 bits per heavy atom. The van der Waals surface area contributed by atoms with E-state index in [-0.39, 0.29) is 6.04 Å². The molecule has 28 heavy (non-hydrogen) atoms. The van der Waals surface area contributed by atoms with Gasteiger partial charge < -0.3 is 19.8 Å². The van der Waals surface area contributed by atoms with Crippen molar-refractivity contribution in [1.29, 1.82) is 0 Å². The van der Waals surface area contributed by atoms with Gasteiger partial charge in [-0.1, -0.05) is 37.3 Å². The second kappa shape index (κ2) is 5.59. The number of nitrogens with zero attached hydrogens (tertiary/aromatic N) is 2. The van der Waals surface area contributed by atoms with Crippen molar-refractivity contribution in [3.05, 3.63) is 42.0 Å². The quantitative estimate of drug-likeness (QED) is 0.587. The van der Waals surface area contributed by atoms with Gasteiger partial charge in [0, 0.05) is 36.2 Å². The molecule has 4 aliphatic rings. The summed E-state index contributed by atoms with van der Waals surface area (Å²) in [6.45, 7) is 3.74. The summed E-state index contributed by atoms with van der Waals surface area (Å²) in [6.07, 6.45) is 4.33. The molecule has 1 aliphatic carbocycles. The number of para-hydroxylation sites is 1. The monoisotopic (exact) mass is 384 g/mol. The van der Waals surface area contributed by atoms with Gasteiger partial charge in [0.2, 0.25) is 5.60 Å². The lowest BCUT2D eigenvalue weighted by molar-refractivity contribution is -0.218. The van der Waals surface area contributed by atoms with E-state index < -0.39 is 34.5 Å². The maximum absolute atomic E-state index is 13.0. The molecule has 1 saturated carbocycles. The molecule has 6 nitrogen and oxygen atoms in total. The third kappa shape index (κ3) is 1.70. The number of methoxy groups -OCH3 is 1. The zero-order valence-electron chi connectivity index (χ0n) is 16.6. The molecule has 5 rings (SSSR count). The Bertz CT molecular complexity index is 872. The van der Waals surface area contributed by atoms with E-state index in [1.165, 1.54) is 7.11 Å². The topological polar surface area (TPSA) is 73.2 Å². The van der Waals surface area contributed by atoms with Gasteiger partial charge in [0.15, 0.2) is 0 Å². The molecule has 0 bridgehead atoms. The summed E-state index contributed by atoms with van der Waals surface area (Å²) in [5.41, 5.74) is -1.00. The highest BCUT2D eigenvalue weighted by molar-refractivity contribution is 5.86. The third-order valence-corrected chi connectivity index (χ3v) is 8.07. The summed E-state index contributed by atoms with van der Waals surface area (Å²) in [5, 5.41) is 23.6. The fourth-order valence-electron chi connectivity index (χ4n) is 7.19. The molecule has 1 saturated heterocycles. The molecular weight excluding hydrogens is 356 g/mol. The number of ether oxygens (including phenoxy) is 1. The molecule has 0 amide bonds. The average Bonchev–Trinajstić information content (AvgIpc) is 3.24.